The summed E-state index contributed by atoms with van der Waals surface area (Å²) in [5, 5.41) is 0. The predicted molar refractivity (Wildman–Crippen MR) is 121 cm³/mol. The fraction of sp³-hybridized carbons (Fsp3) is 0.538. The van der Waals surface area contributed by atoms with Gasteiger partial charge in [0, 0.05) is 49.5 Å². The molecule has 2 aromatic carbocycles. The fourth-order valence-corrected chi connectivity index (χ4v) is 6.31. The van der Waals surface area contributed by atoms with E-state index in [2.05, 4.69) is 65.2 Å². The molecular weight excluding hydrogens is 373 g/mol. The van der Waals surface area contributed by atoms with E-state index in [1.807, 2.05) is 6.07 Å². The van der Waals surface area contributed by atoms with E-state index in [0.717, 1.165) is 50.5 Å². The Morgan fingerprint density at radius 3 is 2.40 bits per heavy atom. The lowest BCUT2D eigenvalue weighted by molar-refractivity contribution is 0.178. The number of piperidine rings is 1. The van der Waals surface area contributed by atoms with E-state index in [9.17, 15) is 4.39 Å². The van der Waals surface area contributed by atoms with E-state index >= 15 is 0 Å². The molecule has 3 aliphatic rings. The van der Waals surface area contributed by atoms with Gasteiger partial charge in [0.25, 0.3) is 0 Å². The van der Waals surface area contributed by atoms with E-state index in [0.29, 0.717) is 12.0 Å². The molecule has 0 radical (unpaired) electrons. The molecule has 3 atom stereocenters. The molecule has 0 amide bonds. The van der Waals surface area contributed by atoms with Crippen LogP contribution in [0.2, 0.25) is 0 Å². The molecule has 3 nitrogen and oxygen atoms in total. The first kappa shape index (κ1) is 20.0. The average molecular weight is 408 g/mol. The van der Waals surface area contributed by atoms with Crippen LogP contribution in [0, 0.1) is 17.7 Å². The Morgan fingerprint density at radius 1 is 0.900 bits per heavy atom. The highest BCUT2D eigenvalue weighted by Gasteiger charge is 2.43. The van der Waals surface area contributed by atoms with Crippen molar-refractivity contribution in [3.63, 3.8) is 0 Å². The molecule has 4 heteroatoms. The predicted octanol–water partition coefficient (Wildman–Crippen LogP) is 4.59. The molecule has 5 rings (SSSR count). The van der Waals surface area contributed by atoms with Gasteiger partial charge >= 0.3 is 0 Å². The quantitative estimate of drug-likeness (QED) is 0.734. The topological polar surface area (TPSA) is 9.72 Å². The summed E-state index contributed by atoms with van der Waals surface area (Å²) >= 11 is 0. The monoisotopic (exact) mass is 407 g/mol. The molecule has 0 aromatic heterocycles. The van der Waals surface area contributed by atoms with Crippen LogP contribution in [-0.4, -0.2) is 56.1 Å². The number of hydrogen-bond acceptors (Lipinski definition) is 3. The Bertz CT molecular complexity index is 860. The standard InChI is InChI=1S/C26H34FN3/c1-28(2)25-18-30(24-12-11-20-7-6-10-23(27)26(20)24)17-22(25)19-13-15-29(16-14-19)21-8-4-3-5-9-21/h3-10,19,22,24-25H,11-18H2,1-2H3/t22-,24?,25+/m1/s1. The van der Waals surface area contributed by atoms with Crippen LogP contribution in [0.3, 0.4) is 0 Å². The summed E-state index contributed by atoms with van der Waals surface area (Å²) in [7, 11) is 4.45. The number of likely N-dealkylation sites (tertiary alicyclic amines) is 1. The van der Waals surface area contributed by atoms with Gasteiger partial charge in [-0.1, -0.05) is 30.3 Å². The summed E-state index contributed by atoms with van der Waals surface area (Å²) in [5.41, 5.74) is 3.56. The van der Waals surface area contributed by atoms with Crippen LogP contribution in [0.5, 0.6) is 0 Å². The van der Waals surface area contributed by atoms with E-state index in [-0.39, 0.29) is 11.9 Å². The lowest BCUT2D eigenvalue weighted by Gasteiger charge is -2.39. The van der Waals surface area contributed by atoms with Crippen molar-refractivity contribution in [2.24, 2.45) is 11.8 Å². The zero-order valence-electron chi connectivity index (χ0n) is 18.3. The molecule has 0 N–H and O–H groups in total. The fourth-order valence-electron chi connectivity index (χ4n) is 6.31. The second-order valence-corrected chi connectivity index (χ2v) is 9.68. The van der Waals surface area contributed by atoms with Crippen molar-refractivity contribution in [2.75, 3.05) is 45.2 Å². The number of para-hydroxylation sites is 1. The summed E-state index contributed by atoms with van der Waals surface area (Å²) < 4.78 is 14.7. The third-order valence-corrected chi connectivity index (χ3v) is 7.90. The van der Waals surface area contributed by atoms with E-state index in [1.165, 1.54) is 24.1 Å². The maximum atomic E-state index is 14.7. The van der Waals surface area contributed by atoms with Gasteiger partial charge in [-0.05, 0) is 75.4 Å². The van der Waals surface area contributed by atoms with E-state index in [1.54, 1.807) is 6.07 Å². The minimum Gasteiger partial charge on any atom is -0.372 e. The molecule has 2 saturated heterocycles. The third-order valence-electron chi connectivity index (χ3n) is 7.90. The first-order chi connectivity index (χ1) is 14.6. The maximum absolute atomic E-state index is 14.7. The molecule has 2 aromatic rings. The molecule has 2 heterocycles. The lowest BCUT2D eigenvalue weighted by atomic mass is 9.81. The molecule has 0 spiro atoms. The van der Waals surface area contributed by atoms with Gasteiger partial charge in [-0.25, -0.2) is 4.39 Å². The highest BCUT2D eigenvalue weighted by molar-refractivity contribution is 5.46. The lowest BCUT2D eigenvalue weighted by Crippen LogP contribution is -2.43. The molecule has 30 heavy (non-hydrogen) atoms. The number of likely N-dealkylation sites (N-methyl/N-ethyl adjacent to an activating group) is 1. The normalized spacial score (nSPS) is 27.7. The number of hydrogen-bond donors (Lipinski definition) is 0. The Morgan fingerprint density at radius 2 is 1.67 bits per heavy atom. The summed E-state index contributed by atoms with van der Waals surface area (Å²) in [6.45, 7) is 4.46. The zero-order valence-corrected chi connectivity index (χ0v) is 18.3. The Balaban J connectivity index is 1.29. The smallest absolute Gasteiger partial charge is 0.128 e. The van der Waals surface area contributed by atoms with Gasteiger partial charge < -0.3 is 9.80 Å². The Kier molecular flexibility index (Phi) is 5.55. The van der Waals surface area contributed by atoms with Gasteiger partial charge in [-0.15, -0.1) is 0 Å². The second-order valence-electron chi connectivity index (χ2n) is 9.68. The molecule has 1 aliphatic carbocycles. The van der Waals surface area contributed by atoms with Crippen molar-refractivity contribution in [1.29, 1.82) is 0 Å². The van der Waals surface area contributed by atoms with Crippen molar-refractivity contribution in [3.8, 4) is 0 Å². The Labute approximate surface area is 180 Å². The van der Waals surface area contributed by atoms with Gasteiger partial charge in [0.05, 0.1) is 0 Å². The summed E-state index contributed by atoms with van der Waals surface area (Å²) in [6.07, 6.45) is 4.59. The van der Waals surface area contributed by atoms with Crippen molar-refractivity contribution in [2.45, 2.75) is 37.8 Å². The molecular formula is C26H34FN3. The largest absolute Gasteiger partial charge is 0.372 e. The first-order valence-corrected chi connectivity index (χ1v) is 11.6. The van der Waals surface area contributed by atoms with Gasteiger partial charge in [0.1, 0.15) is 5.82 Å². The van der Waals surface area contributed by atoms with Crippen LogP contribution in [-0.2, 0) is 6.42 Å². The average Bonchev–Trinajstić information content (AvgIpc) is 3.40. The number of anilines is 1. The van der Waals surface area contributed by atoms with Crippen LogP contribution in [0.1, 0.15) is 36.4 Å². The molecule has 0 bridgehead atoms. The molecule has 2 aliphatic heterocycles. The number of benzene rings is 2. The van der Waals surface area contributed by atoms with Crippen molar-refractivity contribution in [3.05, 3.63) is 65.5 Å². The van der Waals surface area contributed by atoms with Crippen LogP contribution < -0.4 is 4.90 Å². The van der Waals surface area contributed by atoms with E-state index < -0.39 is 0 Å². The Hall–Kier alpha value is -1.91. The summed E-state index contributed by atoms with van der Waals surface area (Å²) in [5.74, 6) is 1.42. The summed E-state index contributed by atoms with van der Waals surface area (Å²) in [4.78, 5) is 7.57. The van der Waals surface area contributed by atoms with Gasteiger partial charge in [-0.2, -0.15) is 0 Å². The number of aryl methyl sites for hydroxylation is 1. The minimum absolute atomic E-state index is 0.00368. The summed E-state index contributed by atoms with van der Waals surface area (Å²) in [6, 6.07) is 17.3. The first-order valence-electron chi connectivity index (χ1n) is 11.6. The number of rotatable bonds is 4. The minimum atomic E-state index is -0.00368. The molecule has 1 unspecified atom stereocenters. The molecule has 2 fully saturated rings. The number of nitrogens with zero attached hydrogens (tertiary/aromatic N) is 3. The van der Waals surface area contributed by atoms with Crippen molar-refractivity contribution in [1.82, 2.24) is 9.80 Å². The number of fused-ring (bicyclic) bond motifs is 1. The highest BCUT2D eigenvalue weighted by Crippen LogP contribution is 2.43. The van der Waals surface area contributed by atoms with E-state index in [4.69, 9.17) is 0 Å². The maximum Gasteiger partial charge on any atom is 0.128 e. The SMILES string of the molecule is CN(C)[C@H]1CN(C2CCc3cccc(F)c32)C[C@@H]1C1CCN(c2ccccc2)CC1. The zero-order chi connectivity index (χ0) is 20.7. The van der Waals surface area contributed by atoms with Crippen molar-refractivity contribution >= 4 is 5.69 Å². The van der Waals surface area contributed by atoms with Crippen LogP contribution >= 0.6 is 0 Å². The third kappa shape index (κ3) is 3.65. The van der Waals surface area contributed by atoms with Gasteiger partial charge in [-0.3, -0.25) is 4.90 Å². The second kappa shape index (κ2) is 8.32. The van der Waals surface area contributed by atoms with Gasteiger partial charge in [0.15, 0.2) is 0 Å². The van der Waals surface area contributed by atoms with Gasteiger partial charge in [0.2, 0.25) is 0 Å². The van der Waals surface area contributed by atoms with Crippen LogP contribution in [0.4, 0.5) is 10.1 Å². The van der Waals surface area contributed by atoms with Crippen LogP contribution in [0.25, 0.3) is 0 Å². The van der Waals surface area contributed by atoms with Crippen molar-refractivity contribution < 1.29 is 4.39 Å². The molecule has 160 valence electrons. The molecule has 0 saturated carbocycles. The highest BCUT2D eigenvalue weighted by atomic mass is 19.1. The van der Waals surface area contributed by atoms with Crippen LogP contribution in [0.15, 0.2) is 48.5 Å². The number of halogens is 1.